The Kier molecular flexibility index (Phi) is 4.01. The van der Waals surface area contributed by atoms with E-state index < -0.39 is 23.7 Å². The Morgan fingerprint density at radius 2 is 1.72 bits per heavy atom. The van der Waals surface area contributed by atoms with Gasteiger partial charge in [0, 0.05) is 0 Å². The molecule has 18 heavy (non-hydrogen) atoms. The molecular weight excluding hydrogens is 247 g/mol. The third kappa shape index (κ3) is 3.73. The summed E-state index contributed by atoms with van der Waals surface area (Å²) < 4.78 is 36.7. The van der Waals surface area contributed by atoms with Crippen molar-refractivity contribution < 1.29 is 23.1 Å². The van der Waals surface area contributed by atoms with Crippen molar-refractivity contribution >= 4 is 5.91 Å². The summed E-state index contributed by atoms with van der Waals surface area (Å²) >= 11 is 0. The minimum atomic E-state index is -4.97. The summed E-state index contributed by atoms with van der Waals surface area (Å²) in [5.74, 6) is -2.07. The van der Waals surface area contributed by atoms with Crippen LogP contribution in [-0.4, -0.2) is 22.8 Å². The Morgan fingerprint density at radius 3 is 2.11 bits per heavy atom. The first-order valence-corrected chi connectivity index (χ1v) is 5.27. The average molecular weight is 261 g/mol. The van der Waals surface area contributed by atoms with Gasteiger partial charge in [0.1, 0.15) is 0 Å². The van der Waals surface area contributed by atoms with Gasteiger partial charge < -0.3 is 10.4 Å². The van der Waals surface area contributed by atoms with E-state index in [1.807, 2.05) is 0 Å². The van der Waals surface area contributed by atoms with Crippen molar-refractivity contribution in [1.29, 1.82) is 0 Å². The highest BCUT2D eigenvalue weighted by Crippen LogP contribution is 2.27. The zero-order chi connectivity index (χ0) is 14.0. The zero-order valence-corrected chi connectivity index (χ0v) is 9.95. The molecule has 3 nitrogen and oxygen atoms in total. The number of hydrogen-bond donors (Lipinski definition) is 2. The van der Waals surface area contributed by atoms with Gasteiger partial charge in [-0.25, -0.2) is 0 Å². The first kappa shape index (κ1) is 14.5. The van der Waals surface area contributed by atoms with E-state index in [2.05, 4.69) is 0 Å². The molecule has 0 aliphatic heterocycles. The lowest BCUT2D eigenvalue weighted by atomic mass is 9.92. The lowest BCUT2D eigenvalue weighted by molar-refractivity contribution is -0.176. The van der Waals surface area contributed by atoms with Crippen LogP contribution in [0.25, 0.3) is 0 Å². The van der Waals surface area contributed by atoms with Gasteiger partial charge in [-0.1, -0.05) is 30.3 Å². The van der Waals surface area contributed by atoms with E-state index in [0.717, 1.165) is 0 Å². The van der Waals surface area contributed by atoms with Crippen LogP contribution in [0, 0.1) is 0 Å². The molecule has 0 aliphatic carbocycles. The predicted octanol–water partition coefficient (Wildman–Crippen LogP) is 2.18. The molecule has 0 saturated heterocycles. The fraction of sp³-hybridized carbons (Fsp3) is 0.417. The first-order valence-electron chi connectivity index (χ1n) is 5.27. The Hall–Kier alpha value is -1.56. The smallest absolute Gasteiger partial charge is 0.388 e. The zero-order valence-electron chi connectivity index (χ0n) is 9.95. The van der Waals surface area contributed by atoms with Crippen molar-refractivity contribution in [1.82, 2.24) is 5.32 Å². The molecule has 1 amide bonds. The molecule has 0 saturated carbocycles. The molecule has 0 aliphatic rings. The molecule has 2 N–H and O–H groups in total. The maximum Gasteiger partial charge on any atom is 0.471 e. The predicted molar refractivity (Wildman–Crippen MR) is 59.7 cm³/mol. The molecule has 1 atom stereocenters. The molecule has 0 heterocycles. The van der Waals surface area contributed by atoms with Crippen LogP contribution in [0.3, 0.4) is 0 Å². The average Bonchev–Trinajstić information content (AvgIpc) is 2.23. The summed E-state index contributed by atoms with van der Waals surface area (Å²) in [5.41, 5.74) is -1.11. The second-order valence-corrected chi connectivity index (χ2v) is 4.47. The summed E-state index contributed by atoms with van der Waals surface area (Å²) in [6.45, 7) is 2.67. The second-order valence-electron chi connectivity index (χ2n) is 4.47. The Bertz CT molecular complexity index is 410. The van der Waals surface area contributed by atoms with Crippen molar-refractivity contribution in [2.75, 3.05) is 0 Å². The number of carbonyl (C=O) groups excluding carboxylic acids is 1. The van der Waals surface area contributed by atoms with Crippen molar-refractivity contribution in [3.8, 4) is 0 Å². The number of nitrogens with one attached hydrogen (secondary N) is 1. The van der Waals surface area contributed by atoms with Crippen molar-refractivity contribution in [2.45, 2.75) is 31.7 Å². The molecule has 0 bridgehead atoms. The van der Waals surface area contributed by atoms with E-state index in [1.165, 1.54) is 13.8 Å². The van der Waals surface area contributed by atoms with E-state index in [1.54, 1.807) is 35.6 Å². The maximum atomic E-state index is 12.2. The fourth-order valence-corrected chi connectivity index (χ4v) is 1.53. The Labute approximate surface area is 103 Å². The number of amides is 1. The van der Waals surface area contributed by atoms with Gasteiger partial charge in [0.05, 0.1) is 11.6 Å². The van der Waals surface area contributed by atoms with Crippen LogP contribution in [0.5, 0.6) is 0 Å². The van der Waals surface area contributed by atoms with Crippen LogP contribution in [0.2, 0.25) is 0 Å². The summed E-state index contributed by atoms with van der Waals surface area (Å²) in [4.78, 5) is 10.9. The van der Waals surface area contributed by atoms with Crippen LogP contribution < -0.4 is 5.32 Å². The van der Waals surface area contributed by atoms with E-state index in [-0.39, 0.29) is 0 Å². The number of carbonyl (C=O) groups is 1. The van der Waals surface area contributed by atoms with Gasteiger partial charge in [-0.2, -0.15) is 13.2 Å². The third-order valence-corrected chi connectivity index (χ3v) is 2.37. The van der Waals surface area contributed by atoms with Gasteiger partial charge in [0.25, 0.3) is 0 Å². The highest BCUT2D eigenvalue weighted by Gasteiger charge is 2.42. The van der Waals surface area contributed by atoms with Gasteiger partial charge in [0.2, 0.25) is 0 Å². The summed E-state index contributed by atoms with van der Waals surface area (Å²) in [6.07, 6.45) is -4.97. The molecular formula is C12H14F3NO2. The minimum Gasteiger partial charge on any atom is -0.388 e. The molecule has 1 aromatic rings. The molecule has 1 rings (SSSR count). The van der Waals surface area contributed by atoms with Crippen molar-refractivity contribution in [3.63, 3.8) is 0 Å². The quantitative estimate of drug-likeness (QED) is 0.876. The maximum absolute atomic E-state index is 12.2. The molecule has 0 fully saturated rings. The SMILES string of the molecule is CC(C)(O)[C@@H](NC(=O)C(F)(F)F)c1ccccc1. The molecule has 0 spiro atoms. The van der Waals surface area contributed by atoms with Crippen molar-refractivity contribution in [2.24, 2.45) is 0 Å². The van der Waals surface area contributed by atoms with Gasteiger partial charge in [0.15, 0.2) is 0 Å². The van der Waals surface area contributed by atoms with Gasteiger partial charge in [-0.3, -0.25) is 4.79 Å². The van der Waals surface area contributed by atoms with Crippen LogP contribution in [0.15, 0.2) is 30.3 Å². The number of aliphatic hydroxyl groups is 1. The molecule has 0 aromatic heterocycles. The molecule has 6 heteroatoms. The first-order chi connectivity index (χ1) is 8.12. The van der Waals surface area contributed by atoms with Crippen LogP contribution >= 0.6 is 0 Å². The highest BCUT2D eigenvalue weighted by molar-refractivity contribution is 5.82. The largest absolute Gasteiger partial charge is 0.471 e. The van der Waals surface area contributed by atoms with Crippen LogP contribution in [0.1, 0.15) is 25.5 Å². The van der Waals surface area contributed by atoms with E-state index >= 15 is 0 Å². The summed E-state index contributed by atoms with van der Waals surface area (Å²) in [6, 6.07) is 6.88. The van der Waals surface area contributed by atoms with E-state index in [9.17, 15) is 23.1 Å². The summed E-state index contributed by atoms with van der Waals surface area (Å²) in [7, 11) is 0. The highest BCUT2D eigenvalue weighted by atomic mass is 19.4. The number of alkyl halides is 3. The van der Waals surface area contributed by atoms with E-state index in [4.69, 9.17) is 0 Å². The number of rotatable bonds is 3. The number of halogens is 3. The number of benzene rings is 1. The summed E-state index contributed by atoms with van der Waals surface area (Å²) in [5, 5.41) is 11.7. The second kappa shape index (κ2) is 4.97. The van der Waals surface area contributed by atoms with Crippen LogP contribution in [-0.2, 0) is 4.79 Å². The van der Waals surface area contributed by atoms with Crippen molar-refractivity contribution in [3.05, 3.63) is 35.9 Å². The Morgan fingerprint density at radius 1 is 1.22 bits per heavy atom. The molecule has 0 unspecified atom stereocenters. The molecule has 0 radical (unpaired) electrons. The fourth-order valence-electron chi connectivity index (χ4n) is 1.53. The minimum absolute atomic E-state index is 0.405. The lowest BCUT2D eigenvalue weighted by Gasteiger charge is -2.30. The monoisotopic (exact) mass is 261 g/mol. The molecule has 100 valence electrons. The number of hydrogen-bond acceptors (Lipinski definition) is 2. The van der Waals surface area contributed by atoms with E-state index in [0.29, 0.717) is 5.56 Å². The normalized spacial score (nSPS) is 14.1. The van der Waals surface area contributed by atoms with Gasteiger partial charge in [-0.15, -0.1) is 0 Å². The lowest BCUT2D eigenvalue weighted by Crippen LogP contribution is -2.46. The van der Waals surface area contributed by atoms with Crippen LogP contribution in [0.4, 0.5) is 13.2 Å². The van der Waals surface area contributed by atoms with Gasteiger partial charge in [-0.05, 0) is 19.4 Å². The topological polar surface area (TPSA) is 49.3 Å². The molecule has 1 aromatic carbocycles. The standard InChI is InChI=1S/C12H14F3NO2/c1-11(2,18)9(8-6-4-3-5-7-8)16-10(17)12(13,14)15/h3-7,9,18H,1-2H3,(H,16,17)/t9-/m0/s1. The Balaban J connectivity index is 2.99. The van der Waals surface area contributed by atoms with Gasteiger partial charge >= 0.3 is 12.1 Å². The third-order valence-electron chi connectivity index (χ3n) is 2.37.